The summed E-state index contributed by atoms with van der Waals surface area (Å²) in [6, 6.07) is 2.00. The highest BCUT2D eigenvalue weighted by molar-refractivity contribution is 5.74. The molecule has 1 heterocycles. The molecule has 2 N–H and O–H groups in total. The number of urea groups is 1. The smallest absolute Gasteiger partial charge is 0.323 e. The van der Waals surface area contributed by atoms with Crippen LogP contribution in [-0.2, 0) is 0 Å². The number of hydrogen-bond acceptors (Lipinski definition) is 3. The van der Waals surface area contributed by atoms with E-state index in [9.17, 15) is 4.79 Å². The van der Waals surface area contributed by atoms with Gasteiger partial charge >= 0.3 is 6.03 Å². The zero-order valence-corrected chi connectivity index (χ0v) is 8.28. The quantitative estimate of drug-likeness (QED) is 0.408. The average molecular weight is 196 g/mol. The number of rotatable bonds is 4. The van der Waals surface area contributed by atoms with E-state index < -0.39 is 0 Å². The van der Waals surface area contributed by atoms with Gasteiger partial charge in [0.2, 0.25) is 0 Å². The molecule has 5 heteroatoms. The second-order valence-corrected chi connectivity index (χ2v) is 3.43. The summed E-state index contributed by atoms with van der Waals surface area (Å²) in [7, 11) is 0. The van der Waals surface area contributed by atoms with Crippen LogP contribution < -0.4 is 5.84 Å². The van der Waals surface area contributed by atoms with Gasteiger partial charge in [-0.05, 0) is 19.3 Å². The zero-order valence-electron chi connectivity index (χ0n) is 8.28. The molecule has 1 fully saturated rings. The van der Waals surface area contributed by atoms with Crippen LogP contribution in [0.5, 0.6) is 0 Å². The van der Waals surface area contributed by atoms with Crippen molar-refractivity contribution >= 4 is 6.03 Å². The normalized spacial score (nSPS) is 17.0. The van der Waals surface area contributed by atoms with Crippen LogP contribution in [0.15, 0.2) is 0 Å². The van der Waals surface area contributed by atoms with Crippen LogP contribution in [0.1, 0.15) is 25.7 Å². The van der Waals surface area contributed by atoms with Crippen molar-refractivity contribution < 1.29 is 4.79 Å². The highest BCUT2D eigenvalue weighted by Gasteiger charge is 2.22. The van der Waals surface area contributed by atoms with Crippen molar-refractivity contribution in [1.29, 1.82) is 5.26 Å². The first-order valence-corrected chi connectivity index (χ1v) is 4.94. The van der Waals surface area contributed by atoms with Gasteiger partial charge in [-0.1, -0.05) is 0 Å². The summed E-state index contributed by atoms with van der Waals surface area (Å²) in [6.07, 6.45) is 3.23. The summed E-state index contributed by atoms with van der Waals surface area (Å²) in [5, 5.41) is 9.60. The molecule has 0 aromatic carbocycles. The predicted molar refractivity (Wildman–Crippen MR) is 51.9 cm³/mol. The fourth-order valence-corrected chi connectivity index (χ4v) is 1.52. The van der Waals surface area contributed by atoms with Gasteiger partial charge in [0, 0.05) is 26.1 Å². The second kappa shape index (κ2) is 5.45. The summed E-state index contributed by atoms with van der Waals surface area (Å²) in [5.74, 6) is 5.49. The van der Waals surface area contributed by atoms with Gasteiger partial charge in [-0.25, -0.2) is 10.6 Å². The van der Waals surface area contributed by atoms with E-state index in [-0.39, 0.29) is 6.03 Å². The molecule has 0 unspecified atom stereocenters. The average Bonchev–Trinajstić information content (AvgIpc) is 2.19. The van der Waals surface area contributed by atoms with Crippen LogP contribution in [0.2, 0.25) is 0 Å². The standard InChI is InChI=1S/C9H16N4O/c10-5-2-1-3-6-12-7-4-8-13(11)9(12)14/h1-4,6-8,11H2. The Morgan fingerprint density at radius 3 is 2.93 bits per heavy atom. The van der Waals surface area contributed by atoms with Gasteiger partial charge in [-0.3, -0.25) is 5.01 Å². The molecule has 5 nitrogen and oxygen atoms in total. The second-order valence-electron chi connectivity index (χ2n) is 3.43. The Labute approximate surface area is 84.0 Å². The van der Waals surface area contributed by atoms with E-state index in [1.165, 1.54) is 5.01 Å². The van der Waals surface area contributed by atoms with Gasteiger partial charge < -0.3 is 4.90 Å². The minimum atomic E-state index is -0.0896. The van der Waals surface area contributed by atoms with E-state index in [1.807, 2.05) is 0 Å². The van der Waals surface area contributed by atoms with E-state index in [1.54, 1.807) is 4.90 Å². The van der Waals surface area contributed by atoms with Gasteiger partial charge in [0.1, 0.15) is 0 Å². The lowest BCUT2D eigenvalue weighted by Gasteiger charge is -2.32. The number of nitrogens with zero attached hydrogens (tertiary/aromatic N) is 3. The molecule has 0 atom stereocenters. The predicted octanol–water partition coefficient (Wildman–Crippen LogP) is 0.682. The van der Waals surface area contributed by atoms with Crippen LogP contribution in [0.4, 0.5) is 4.79 Å². The topological polar surface area (TPSA) is 73.4 Å². The largest absolute Gasteiger partial charge is 0.334 e. The van der Waals surface area contributed by atoms with Gasteiger partial charge in [-0.15, -0.1) is 0 Å². The summed E-state index contributed by atoms with van der Waals surface area (Å²) in [4.78, 5) is 13.2. The third kappa shape index (κ3) is 2.89. The molecule has 14 heavy (non-hydrogen) atoms. The minimum Gasteiger partial charge on any atom is -0.323 e. The Bertz CT molecular complexity index is 235. The van der Waals surface area contributed by atoms with Gasteiger partial charge in [0.25, 0.3) is 0 Å². The fraction of sp³-hybridized carbons (Fsp3) is 0.778. The Hall–Kier alpha value is -1.28. The van der Waals surface area contributed by atoms with Crippen molar-refractivity contribution in [3.05, 3.63) is 0 Å². The van der Waals surface area contributed by atoms with Gasteiger partial charge in [0.05, 0.1) is 6.07 Å². The summed E-state index contributed by atoms with van der Waals surface area (Å²) in [5.41, 5.74) is 0. The van der Waals surface area contributed by atoms with E-state index in [2.05, 4.69) is 6.07 Å². The molecular formula is C9H16N4O. The lowest BCUT2D eigenvalue weighted by atomic mass is 10.2. The molecule has 0 bridgehead atoms. The molecular weight excluding hydrogens is 180 g/mol. The Morgan fingerprint density at radius 2 is 2.21 bits per heavy atom. The highest BCUT2D eigenvalue weighted by atomic mass is 16.2. The monoisotopic (exact) mass is 196 g/mol. The lowest BCUT2D eigenvalue weighted by Crippen LogP contribution is -2.52. The third-order valence-electron chi connectivity index (χ3n) is 2.31. The zero-order chi connectivity index (χ0) is 10.4. The third-order valence-corrected chi connectivity index (χ3v) is 2.31. The van der Waals surface area contributed by atoms with Gasteiger partial charge in [0.15, 0.2) is 0 Å². The summed E-state index contributed by atoms with van der Waals surface area (Å²) >= 11 is 0. The van der Waals surface area contributed by atoms with E-state index >= 15 is 0 Å². The number of amides is 2. The number of hydrogen-bond donors (Lipinski definition) is 1. The Kier molecular flexibility index (Phi) is 4.20. The molecule has 0 aliphatic carbocycles. The molecule has 0 aromatic rings. The number of unbranched alkanes of at least 4 members (excludes halogenated alkanes) is 2. The van der Waals surface area contributed by atoms with Crippen molar-refractivity contribution in [2.45, 2.75) is 25.7 Å². The summed E-state index contributed by atoms with van der Waals surface area (Å²) in [6.45, 7) is 2.15. The molecule has 1 saturated heterocycles. The molecule has 1 aliphatic rings. The van der Waals surface area contributed by atoms with Gasteiger partial charge in [-0.2, -0.15) is 5.26 Å². The highest BCUT2D eigenvalue weighted by Crippen LogP contribution is 2.07. The van der Waals surface area contributed by atoms with E-state index in [0.717, 1.165) is 25.8 Å². The van der Waals surface area contributed by atoms with Crippen LogP contribution in [-0.4, -0.2) is 35.6 Å². The first-order chi connectivity index (χ1) is 6.75. The first kappa shape index (κ1) is 10.8. The molecule has 0 saturated carbocycles. The van der Waals surface area contributed by atoms with Crippen LogP contribution >= 0.6 is 0 Å². The maximum atomic E-state index is 11.5. The van der Waals surface area contributed by atoms with Crippen LogP contribution in [0, 0.1) is 11.3 Å². The number of hydrazine groups is 1. The van der Waals surface area contributed by atoms with Crippen molar-refractivity contribution in [3.63, 3.8) is 0 Å². The van der Waals surface area contributed by atoms with Crippen LogP contribution in [0.25, 0.3) is 0 Å². The van der Waals surface area contributed by atoms with E-state index in [0.29, 0.717) is 19.5 Å². The maximum Gasteiger partial charge on any atom is 0.334 e. The van der Waals surface area contributed by atoms with Crippen molar-refractivity contribution in [2.75, 3.05) is 19.6 Å². The van der Waals surface area contributed by atoms with Crippen LogP contribution in [0.3, 0.4) is 0 Å². The number of nitrogens with two attached hydrogens (primary N) is 1. The van der Waals surface area contributed by atoms with Crippen molar-refractivity contribution in [1.82, 2.24) is 9.91 Å². The fourth-order valence-electron chi connectivity index (χ4n) is 1.52. The molecule has 2 amide bonds. The molecule has 78 valence electrons. The molecule has 0 spiro atoms. The first-order valence-electron chi connectivity index (χ1n) is 4.94. The Balaban J connectivity index is 2.23. The van der Waals surface area contributed by atoms with E-state index in [4.69, 9.17) is 11.1 Å². The van der Waals surface area contributed by atoms with Crippen molar-refractivity contribution in [2.24, 2.45) is 5.84 Å². The molecule has 0 aromatic heterocycles. The van der Waals surface area contributed by atoms with Crippen molar-refractivity contribution in [3.8, 4) is 6.07 Å². The molecule has 1 aliphatic heterocycles. The molecule has 0 radical (unpaired) electrons. The SMILES string of the molecule is N#CCCCCN1CCCN(N)C1=O. The maximum absolute atomic E-state index is 11.5. The number of nitriles is 1. The number of carbonyl (C=O) groups is 1. The molecule has 1 rings (SSSR count). The summed E-state index contributed by atoms with van der Waals surface area (Å²) < 4.78 is 0. The Morgan fingerprint density at radius 1 is 1.43 bits per heavy atom. The number of carbonyl (C=O) groups excluding carboxylic acids is 1. The lowest BCUT2D eigenvalue weighted by molar-refractivity contribution is 0.129. The minimum absolute atomic E-state index is 0.0896.